The Hall–Kier alpha value is -2.53. The maximum absolute atomic E-state index is 13.2. The Bertz CT molecular complexity index is 1310. The number of rotatable bonds is 8. The summed E-state index contributed by atoms with van der Waals surface area (Å²) in [6.45, 7) is 4.19. The van der Waals surface area contributed by atoms with Gasteiger partial charge in [0.1, 0.15) is 5.75 Å². The molecule has 1 unspecified atom stereocenters. The molecule has 1 fully saturated rings. The lowest BCUT2D eigenvalue weighted by Crippen LogP contribution is -2.42. The van der Waals surface area contributed by atoms with E-state index in [-0.39, 0.29) is 17.3 Å². The number of carbonyl (C=O) groups excluding carboxylic acids is 1. The number of benzene rings is 2. The topological polar surface area (TPSA) is 90.2 Å². The van der Waals surface area contributed by atoms with Crippen LogP contribution >= 0.6 is 11.3 Å². The van der Waals surface area contributed by atoms with Crippen LogP contribution in [0.5, 0.6) is 5.75 Å². The number of amides is 1. The van der Waals surface area contributed by atoms with E-state index in [9.17, 15) is 13.2 Å². The van der Waals surface area contributed by atoms with Crippen molar-refractivity contribution in [1.29, 1.82) is 0 Å². The minimum Gasteiger partial charge on any atom is -0.497 e. The lowest BCUT2D eigenvalue weighted by atomic mass is 9.99. The van der Waals surface area contributed by atoms with E-state index in [0.717, 1.165) is 10.2 Å². The predicted octanol–water partition coefficient (Wildman–Crippen LogP) is 3.28. The maximum atomic E-state index is 13.2. The number of ether oxygens (including phenoxy) is 2. The fraction of sp³-hybridized carbons (Fsp3) is 0.417. The molecule has 182 valence electrons. The largest absolute Gasteiger partial charge is 0.497 e. The van der Waals surface area contributed by atoms with Crippen LogP contribution in [0.25, 0.3) is 10.2 Å². The highest BCUT2D eigenvalue weighted by molar-refractivity contribution is 7.89. The second kappa shape index (κ2) is 10.8. The molecule has 2 heterocycles. The molecule has 0 spiro atoms. The minimum absolute atomic E-state index is 0.126. The first kappa shape index (κ1) is 24.6. The quantitative estimate of drug-likeness (QED) is 0.440. The molecule has 3 aromatic rings. The Morgan fingerprint density at radius 1 is 1.18 bits per heavy atom. The number of carbonyl (C=O) groups is 1. The van der Waals surface area contributed by atoms with Gasteiger partial charge in [0.25, 0.3) is 5.91 Å². The van der Waals surface area contributed by atoms with Crippen molar-refractivity contribution in [2.75, 3.05) is 33.4 Å². The van der Waals surface area contributed by atoms with Gasteiger partial charge < -0.3 is 14.0 Å². The number of nitrogens with zero attached hydrogens (tertiary/aromatic N) is 3. The second-order valence-electron chi connectivity index (χ2n) is 8.03. The van der Waals surface area contributed by atoms with Gasteiger partial charge in [-0.25, -0.2) is 8.42 Å². The average molecular weight is 504 g/mol. The van der Waals surface area contributed by atoms with Gasteiger partial charge in [0.05, 0.1) is 34.7 Å². The highest BCUT2D eigenvalue weighted by Gasteiger charge is 2.33. The summed E-state index contributed by atoms with van der Waals surface area (Å²) in [7, 11) is -2.17. The van der Waals surface area contributed by atoms with Crippen LogP contribution in [0, 0.1) is 5.92 Å². The summed E-state index contributed by atoms with van der Waals surface area (Å²) in [5.41, 5.74) is 1.01. The number of para-hydroxylation sites is 1. The number of aromatic nitrogens is 1. The Labute approximate surface area is 203 Å². The van der Waals surface area contributed by atoms with Crippen LogP contribution in [-0.4, -0.2) is 56.6 Å². The van der Waals surface area contributed by atoms with Gasteiger partial charge in [-0.2, -0.15) is 9.30 Å². The van der Waals surface area contributed by atoms with E-state index in [1.54, 1.807) is 12.1 Å². The van der Waals surface area contributed by atoms with E-state index in [2.05, 4.69) is 4.99 Å². The molecule has 1 saturated heterocycles. The summed E-state index contributed by atoms with van der Waals surface area (Å²) in [4.78, 5) is 18.4. The molecule has 0 bridgehead atoms. The zero-order valence-corrected chi connectivity index (χ0v) is 21.0. The molecule has 0 saturated carbocycles. The molecule has 0 radical (unpaired) electrons. The first-order chi connectivity index (χ1) is 16.4. The van der Waals surface area contributed by atoms with Crippen LogP contribution in [0.4, 0.5) is 0 Å². The molecule has 34 heavy (non-hydrogen) atoms. The van der Waals surface area contributed by atoms with Crippen molar-refractivity contribution in [1.82, 2.24) is 8.87 Å². The van der Waals surface area contributed by atoms with Crippen LogP contribution in [0.3, 0.4) is 0 Å². The SMILES string of the molecule is CCOCCn1c(=NC(=O)C2CCCN(S(=O)(=O)c3ccc(OC)cc3)C2)sc2ccccc21. The Morgan fingerprint density at radius 2 is 1.94 bits per heavy atom. The highest BCUT2D eigenvalue weighted by Crippen LogP contribution is 2.26. The van der Waals surface area contributed by atoms with Gasteiger partial charge in [-0.05, 0) is 56.2 Å². The van der Waals surface area contributed by atoms with Crippen LogP contribution in [0.2, 0.25) is 0 Å². The standard InChI is InChI=1S/C24H29N3O5S2/c1-3-32-16-15-27-21-8-4-5-9-22(21)33-24(27)25-23(28)18-7-6-14-26(17-18)34(29,30)20-12-10-19(31-2)11-13-20/h4-5,8-13,18H,3,6-7,14-17H2,1-2H3. The third-order valence-corrected chi connectivity index (χ3v) is 8.83. The summed E-state index contributed by atoms with van der Waals surface area (Å²) in [5.74, 6) is -0.177. The summed E-state index contributed by atoms with van der Waals surface area (Å²) < 4.78 is 41.4. The van der Waals surface area contributed by atoms with Crippen LogP contribution in [0.15, 0.2) is 58.4 Å². The van der Waals surface area contributed by atoms with Crippen molar-refractivity contribution < 1.29 is 22.7 Å². The molecule has 1 amide bonds. The van der Waals surface area contributed by atoms with E-state index in [4.69, 9.17) is 9.47 Å². The Kier molecular flexibility index (Phi) is 7.82. The number of thiazole rings is 1. The molecule has 1 atom stereocenters. The van der Waals surface area contributed by atoms with Gasteiger partial charge >= 0.3 is 0 Å². The third kappa shape index (κ3) is 5.25. The van der Waals surface area contributed by atoms with Crippen molar-refractivity contribution in [3.8, 4) is 5.75 Å². The third-order valence-electron chi connectivity index (χ3n) is 5.89. The minimum atomic E-state index is -3.71. The first-order valence-electron chi connectivity index (χ1n) is 11.3. The first-order valence-corrected chi connectivity index (χ1v) is 13.6. The highest BCUT2D eigenvalue weighted by atomic mass is 32.2. The van der Waals surface area contributed by atoms with Gasteiger partial charge in [-0.1, -0.05) is 23.5 Å². The predicted molar refractivity (Wildman–Crippen MR) is 131 cm³/mol. The van der Waals surface area contributed by atoms with Crippen LogP contribution < -0.4 is 9.54 Å². The Balaban J connectivity index is 1.57. The average Bonchev–Trinajstić information content (AvgIpc) is 3.21. The number of fused-ring (bicyclic) bond motifs is 1. The molecule has 8 nitrogen and oxygen atoms in total. The van der Waals surface area contributed by atoms with Crippen molar-refractivity contribution in [2.45, 2.75) is 31.2 Å². The monoisotopic (exact) mass is 503 g/mol. The van der Waals surface area contributed by atoms with E-state index in [1.807, 2.05) is 35.8 Å². The molecular weight excluding hydrogens is 474 g/mol. The zero-order chi connectivity index (χ0) is 24.1. The van der Waals surface area contributed by atoms with Crippen LogP contribution in [-0.2, 0) is 26.1 Å². The molecule has 10 heteroatoms. The molecule has 1 aliphatic rings. The van der Waals surface area contributed by atoms with Crippen molar-refractivity contribution in [2.24, 2.45) is 10.9 Å². The summed E-state index contributed by atoms with van der Waals surface area (Å²) in [5, 5.41) is 0. The van der Waals surface area contributed by atoms with Gasteiger partial charge in [-0.3, -0.25) is 4.79 Å². The summed E-state index contributed by atoms with van der Waals surface area (Å²) >= 11 is 1.46. The lowest BCUT2D eigenvalue weighted by Gasteiger charge is -2.30. The Morgan fingerprint density at radius 3 is 2.68 bits per heavy atom. The molecule has 2 aromatic carbocycles. The number of hydrogen-bond acceptors (Lipinski definition) is 6. The smallest absolute Gasteiger partial charge is 0.252 e. The maximum Gasteiger partial charge on any atom is 0.252 e. The van der Waals surface area contributed by atoms with Gasteiger partial charge in [0, 0.05) is 26.2 Å². The number of piperidine rings is 1. The molecular formula is C24H29N3O5S2. The van der Waals surface area contributed by atoms with Gasteiger partial charge in [0.15, 0.2) is 4.80 Å². The van der Waals surface area contributed by atoms with Gasteiger partial charge in [-0.15, -0.1) is 0 Å². The van der Waals surface area contributed by atoms with Crippen LogP contribution in [0.1, 0.15) is 19.8 Å². The summed E-state index contributed by atoms with van der Waals surface area (Å²) in [6.07, 6.45) is 1.22. The molecule has 0 N–H and O–H groups in total. The van der Waals surface area contributed by atoms with E-state index < -0.39 is 15.9 Å². The number of hydrogen-bond donors (Lipinski definition) is 0. The second-order valence-corrected chi connectivity index (χ2v) is 11.0. The summed E-state index contributed by atoms with van der Waals surface area (Å²) in [6, 6.07) is 14.2. The number of sulfonamides is 1. The fourth-order valence-corrected chi connectivity index (χ4v) is 6.65. The fourth-order valence-electron chi connectivity index (χ4n) is 4.07. The normalized spacial score (nSPS) is 17.8. The van der Waals surface area contributed by atoms with Crippen molar-refractivity contribution >= 4 is 37.5 Å². The van der Waals surface area contributed by atoms with E-state index in [1.165, 1.54) is 34.9 Å². The van der Waals surface area contributed by atoms with Crippen molar-refractivity contribution in [3.05, 3.63) is 53.3 Å². The van der Waals surface area contributed by atoms with E-state index in [0.29, 0.717) is 49.7 Å². The molecule has 1 aliphatic heterocycles. The lowest BCUT2D eigenvalue weighted by molar-refractivity contribution is -0.122. The molecule has 1 aromatic heterocycles. The molecule has 0 aliphatic carbocycles. The van der Waals surface area contributed by atoms with Gasteiger partial charge in [0.2, 0.25) is 10.0 Å². The zero-order valence-electron chi connectivity index (χ0n) is 19.3. The van der Waals surface area contributed by atoms with E-state index >= 15 is 0 Å². The van der Waals surface area contributed by atoms with Crippen molar-refractivity contribution in [3.63, 3.8) is 0 Å². The number of methoxy groups -OCH3 is 1. The molecule has 4 rings (SSSR count).